The number of likely N-dealkylation sites (tertiary alicyclic amines) is 2. The lowest BCUT2D eigenvalue weighted by Crippen LogP contribution is -2.66. The zero-order chi connectivity index (χ0) is 21.1. The Labute approximate surface area is 176 Å². The summed E-state index contributed by atoms with van der Waals surface area (Å²) in [7, 11) is 2.06. The number of likely N-dealkylation sites (N-methyl/N-ethyl adjacent to an activating group) is 1. The molecule has 4 rings (SSSR count). The van der Waals surface area contributed by atoms with Gasteiger partial charge in [-0.2, -0.15) is 5.10 Å². The van der Waals surface area contributed by atoms with Crippen LogP contribution in [0.25, 0.3) is 0 Å². The zero-order valence-electron chi connectivity index (χ0n) is 17.8. The highest BCUT2D eigenvalue weighted by Gasteiger charge is 2.53. The van der Waals surface area contributed by atoms with Crippen molar-refractivity contribution in [3.63, 3.8) is 0 Å². The van der Waals surface area contributed by atoms with Gasteiger partial charge in [-0.15, -0.1) is 0 Å². The summed E-state index contributed by atoms with van der Waals surface area (Å²) in [4.78, 5) is 38.1. The van der Waals surface area contributed by atoms with E-state index in [-0.39, 0.29) is 24.3 Å². The van der Waals surface area contributed by atoms with E-state index in [4.69, 9.17) is 0 Å². The number of H-pyrrole nitrogens is 1. The van der Waals surface area contributed by atoms with Crippen molar-refractivity contribution in [1.82, 2.24) is 34.9 Å². The minimum Gasteiger partial charge on any atom is -0.354 e. The van der Waals surface area contributed by atoms with Crippen molar-refractivity contribution < 1.29 is 9.59 Å². The predicted octanol–water partition coefficient (Wildman–Crippen LogP) is 0.586. The van der Waals surface area contributed by atoms with Gasteiger partial charge in [-0.25, -0.2) is 4.98 Å². The van der Waals surface area contributed by atoms with Crippen LogP contribution < -0.4 is 5.32 Å². The van der Waals surface area contributed by atoms with Crippen molar-refractivity contribution in [2.24, 2.45) is 5.41 Å². The Morgan fingerprint density at radius 2 is 2.20 bits per heavy atom. The Morgan fingerprint density at radius 1 is 1.33 bits per heavy atom. The molecule has 2 amide bonds. The molecule has 2 aliphatic heterocycles. The average molecular weight is 414 g/mol. The topological polar surface area (TPSA) is 99.2 Å². The van der Waals surface area contributed by atoms with E-state index < -0.39 is 5.41 Å². The van der Waals surface area contributed by atoms with Crippen molar-refractivity contribution in [1.29, 1.82) is 0 Å². The number of piperidine rings is 2. The van der Waals surface area contributed by atoms with E-state index in [0.717, 1.165) is 43.7 Å². The molecule has 162 valence electrons. The molecule has 2 fully saturated rings. The molecule has 9 nitrogen and oxygen atoms in total. The standard InChI is InChI=1S/C21H31N7O2/c1-16-17(24-15-23-16)13-19(29)28-10-3-5-21(6-11-26(2)14-18(21)28)20(30)22-8-12-27-9-4-7-25-27/h4,7,9,15,18H,3,5-6,8,10-14H2,1-2H3,(H,22,30)(H,23,24)/t18-,21+/m0/s1. The normalized spacial score (nSPS) is 24.5. The predicted molar refractivity (Wildman–Crippen MR) is 112 cm³/mol. The Balaban J connectivity index is 1.49. The smallest absolute Gasteiger partial charge is 0.228 e. The molecule has 0 saturated carbocycles. The lowest BCUT2D eigenvalue weighted by Gasteiger charge is -2.53. The third-order valence-corrected chi connectivity index (χ3v) is 6.67. The van der Waals surface area contributed by atoms with Crippen molar-refractivity contribution in [2.75, 3.05) is 33.2 Å². The maximum atomic E-state index is 13.4. The molecule has 0 unspecified atom stereocenters. The molecule has 2 atom stereocenters. The van der Waals surface area contributed by atoms with Crippen molar-refractivity contribution in [3.05, 3.63) is 36.2 Å². The number of amides is 2. The molecule has 0 bridgehead atoms. The van der Waals surface area contributed by atoms with Gasteiger partial charge in [0.15, 0.2) is 0 Å². The van der Waals surface area contributed by atoms with E-state index in [0.29, 0.717) is 19.6 Å². The summed E-state index contributed by atoms with van der Waals surface area (Å²) >= 11 is 0. The molecule has 2 aromatic rings. The van der Waals surface area contributed by atoms with Crippen LogP contribution in [0.2, 0.25) is 0 Å². The van der Waals surface area contributed by atoms with Gasteiger partial charge in [-0.3, -0.25) is 14.3 Å². The first kappa shape index (κ1) is 20.6. The van der Waals surface area contributed by atoms with Crippen molar-refractivity contribution >= 4 is 11.8 Å². The van der Waals surface area contributed by atoms with Gasteiger partial charge >= 0.3 is 0 Å². The highest BCUT2D eigenvalue weighted by Crippen LogP contribution is 2.42. The second-order valence-corrected chi connectivity index (χ2v) is 8.55. The lowest BCUT2D eigenvalue weighted by molar-refractivity contribution is -0.153. The Bertz CT molecular complexity index is 878. The van der Waals surface area contributed by atoms with E-state index in [1.165, 1.54) is 0 Å². The molecule has 0 aromatic carbocycles. The molecule has 2 N–H and O–H groups in total. The minimum absolute atomic E-state index is 0.0546. The average Bonchev–Trinajstić information content (AvgIpc) is 3.39. The summed E-state index contributed by atoms with van der Waals surface area (Å²) in [6, 6.07) is 1.76. The van der Waals surface area contributed by atoms with Crippen LogP contribution in [0, 0.1) is 12.3 Å². The molecule has 2 aliphatic rings. The number of aryl methyl sites for hydroxylation is 1. The molecule has 9 heteroatoms. The van der Waals surface area contributed by atoms with Gasteiger partial charge in [0.25, 0.3) is 0 Å². The number of fused-ring (bicyclic) bond motifs is 1. The summed E-state index contributed by atoms with van der Waals surface area (Å²) in [5, 5.41) is 7.33. The first-order chi connectivity index (χ1) is 14.5. The number of carbonyl (C=O) groups is 2. The first-order valence-corrected chi connectivity index (χ1v) is 10.7. The van der Waals surface area contributed by atoms with Crippen LogP contribution in [-0.4, -0.2) is 80.6 Å². The first-order valence-electron chi connectivity index (χ1n) is 10.7. The van der Waals surface area contributed by atoms with Crippen LogP contribution in [0.1, 0.15) is 30.7 Å². The molecule has 2 saturated heterocycles. The number of rotatable bonds is 6. The SMILES string of the molecule is Cc1[nH]cnc1CC(=O)N1CCC[C@@]2(C(=O)NCCn3cccn3)CCN(C)C[C@H]12. The Morgan fingerprint density at radius 3 is 2.93 bits per heavy atom. The number of hydrogen-bond donors (Lipinski definition) is 2. The number of carbonyl (C=O) groups excluding carboxylic acids is 2. The molecular formula is C21H31N7O2. The molecule has 4 heterocycles. The summed E-state index contributed by atoms with van der Waals surface area (Å²) < 4.78 is 1.81. The molecule has 2 aromatic heterocycles. The van der Waals surface area contributed by atoms with Gasteiger partial charge in [0, 0.05) is 37.7 Å². The fourth-order valence-corrected chi connectivity index (χ4v) is 4.91. The third kappa shape index (κ3) is 3.98. The third-order valence-electron chi connectivity index (χ3n) is 6.67. The number of aromatic nitrogens is 4. The fourth-order valence-electron chi connectivity index (χ4n) is 4.91. The van der Waals surface area contributed by atoms with Crippen LogP contribution in [0.4, 0.5) is 0 Å². The Hall–Kier alpha value is -2.68. The number of hydrogen-bond acceptors (Lipinski definition) is 5. The van der Waals surface area contributed by atoms with E-state index in [1.807, 2.05) is 28.8 Å². The van der Waals surface area contributed by atoms with Crippen molar-refractivity contribution in [3.8, 4) is 0 Å². The summed E-state index contributed by atoms with van der Waals surface area (Å²) in [6.45, 7) is 5.38. The maximum Gasteiger partial charge on any atom is 0.228 e. The van der Waals surface area contributed by atoms with E-state index in [1.54, 1.807) is 12.5 Å². The number of nitrogens with zero attached hydrogens (tertiary/aromatic N) is 5. The van der Waals surface area contributed by atoms with Gasteiger partial charge in [0.05, 0.1) is 36.4 Å². The molecular weight excluding hydrogens is 382 g/mol. The van der Waals surface area contributed by atoms with Gasteiger partial charge < -0.3 is 20.1 Å². The highest BCUT2D eigenvalue weighted by atomic mass is 16.2. The zero-order valence-corrected chi connectivity index (χ0v) is 17.8. The van der Waals surface area contributed by atoms with Gasteiger partial charge in [0.1, 0.15) is 0 Å². The van der Waals surface area contributed by atoms with Crippen LogP contribution in [0.5, 0.6) is 0 Å². The summed E-state index contributed by atoms with van der Waals surface area (Å²) in [6.07, 6.45) is 7.96. The van der Waals surface area contributed by atoms with E-state index in [9.17, 15) is 9.59 Å². The lowest BCUT2D eigenvalue weighted by atomic mass is 9.67. The minimum atomic E-state index is -0.523. The van der Waals surface area contributed by atoms with Crippen molar-refractivity contribution in [2.45, 2.75) is 45.2 Å². The van der Waals surface area contributed by atoms with Gasteiger partial charge in [0.2, 0.25) is 11.8 Å². The quantitative estimate of drug-likeness (QED) is 0.722. The highest BCUT2D eigenvalue weighted by molar-refractivity contribution is 5.86. The number of aromatic amines is 1. The number of nitrogens with one attached hydrogen (secondary N) is 2. The monoisotopic (exact) mass is 413 g/mol. The largest absolute Gasteiger partial charge is 0.354 e. The van der Waals surface area contributed by atoms with Crippen LogP contribution in [0.15, 0.2) is 24.8 Å². The molecule has 0 aliphatic carbocycles. The number of imidazole rings is 1. The van der Waals surface area contributed by atoms with Crippen LogP contribution >= 0.6 is 0 Å². The summed E-state index contributed by atoms with van der Waals surface area (Å²) in [5.41, 5.74) is 1.18. The van der Waals surface area contributed by atoms with Gasteiger partial charge in [-0.1, -0.05) is 0 Å². The van der Waals surface area contributed by atoms with Gasteiger partial charge in [-0.05, 0) is 45.8 Å². The second-order valence-electron chi connectivity index (χ2n) is 8.55. The molecule has 0 radical (unpaired) electrons. The van der Waals surface area contributed by atoms with Crippen LogP contribution in [0.3, 0.4) is 0 Å². The van der Waals surface area contributed by atoms with E-state index in [2.05, 4.69) is 32.3 Å². The fraction of sp³-hybridized carbons (Fsp3) is 0.619. The van der Waals surface area contributed by atoms with E-state index >= 15 is 0 Å². The second kappa shape index (κ2) is 8.59. The Kier molecular flexibility index (Phi) is 5.90. The molecule has 0 spiro atoms. The maximum absolute atomic E-state index is 13.4. The van der Waals surface area contributed by atoms with Crippen LogP contribution in [-0.2, 0) is 22.6 Å². The summed E-state index contributed by atoms with van der Waals surface area (Å²) in [5.74, 6) is 0.125. The molecule has 30 heavy (non-hydrogen) atoms.